The fourth-order valence-electron chi connectivity index (χ4n) is 1.02. The van der Waals surface area contributed by atoms with Crippen LogP contribution in [0.1, 0.15) is 11.3 Å². The Bertz CT molecular complexity index is 380. The fourth-order valence-corrected chi connectivity index (χ4v) is 1.02. The van der Waals surface area contributed by atoms with E-state index in [4.69, 9.17) is 5.11 Å². The Morgan fingerprint density at radius 2 is 2.00 bits per heavy atom. The van der Waals surface area contributed by atoms with Crippen LogP contribution in [0.4, 0.5) is 17.6 Å². The van der Waals surface area contributed by atoms with E-state index < -0.39 is 36.7 Å². The van der Waals surface area contributed by atoms with Crippen molar-refractivity contribution >= 4 is 0 Å². The maximum absolute atomic E-state index is 12.4. The molecule has 2 N–H and O–H groups in total. The number of nitrogens with zero attached hydrogens (tertiary/aromatic N) is 1. The molecule has 0 radical (unpaired) electrons. The van der Waals surface area contributed by atoms with Crippen molar-refractivity contribution in [1.29, 1.82) is 0 Å². The quantitative estimate of drug-likeness (QED) is 0.790. The Kier molecular flexibility index (Phi) is 3.53. The first kappa shape index (κ1) is 12.5. The van der Waals surface area contributed by atoms with E-state index in [0.717, 1.165) is 0 Å². The van der Waals surface area contributed by atoms with Crippen LogP contribution in [0, 0.1) is 0 Å². The van der Waals surface area contributed by atoms with Gasteiger partial charge in [0.2, 0.25) is 0 Å². The van der Waals surface area contributed by atoms with Crippen molar-refractivity contribution in [3.05, 3.63) is 17.5 Å². The van der Waals surface area contributed by atoms with E-state index in [-0.39, 0.29) is 5.69 Å². The molecule has 0 atom stereocenters. The van der Waals surface area contributed by atoms with Crippen LogP contribution < -0.4 is 4.74 Å². The van der Waals surface area contributed by atoms with E-state index >= 15 is 0 Å². The van der Waals surface area contributed by atoms with Gasteiger partial charge in [0.25, 0.3) is 0 Å². The molecular weight excluding hydrogens is 234 g/mol. The van der Waals surface area contributed by atoms with Gasteiger partial charge in [-0.05, 0) is 0 Å². The molecule has 1 rings (SSSR count). The van der Waals surface area contributed by atoms with Crippen LogP contribution in [0.3, 0.4) is 0 Å². The van der Waals surface area contributed by atoms with Gasteiger partial charge in [-0.1, -0.05) is 0 Å². The van der Waals surface area contributed by atoms with Crippen molar-refractivity contribution in [2.24, 2.45) is 0 Å². The third kappa shape index (κ3) is 2.72. The van der Waals surface area contributed by atoms with Gasteiger partial charge >= 0.3 is 6.36 Å². The molecule has 4 nitrogen and oxygen atoms in total. The van der Waals surface area contributed by atoms with E-state index in [1.807, 2.05) is 0 Å². The Hall–Kier alpha value is -1.57. The molecule has 0 fully saturated rings. The van der Waals surface area contributed by atoms with E-state index in [9.17, 15) is 22.7 Å². The van der Waals surface area contributed by atoms with Crippen LogP contribution in [0.2, 0.25) is 0 Å². The highest BCUT2D eigenvalue weighted by molar-refractivity contribution is 5.44. The molecule has 0 aliphatic carbocycles. The average Bonchev–Trinajstić information content (AvgIpc) is 2.16. The summed E-state index contributed by atoms with van der Waals surface area (Å²) >= 11 is 0. The van der Waals surface area contributed by atoms with Gasteiger partial charge in [-0.25, -0.2) is 4.39 Å². The number of ether oxygens (including phenoxy) is 1. The zero-order valence-electron chi connectivity index (χ0n) is 7.75. The van der Waals surface area contributed by atoms with E-state index in [1.165, 1.54) is 0 Å². The third-order valence-electron chi connectivity index (χ3n) is 1.70. The Labute approximate surface area is 87.1 Å². The van der Waals surface area contributed by atoms with Gasteiger partial charge < -0.3 is 14.9 Å². The molecule has 0 bridgehead atoms. The summed E-state index contributed by atoms with van der Waals surface area (Å²) in [7, 11) is 0. The molecule has 0 saturated heterocycles. The van der Waals surface area contributed by atoms with Gasteiger partial charge in [0, 0.05) is 0 Å². The lowest BCUT2D eigenvalue weighted by Gasteiger charge is -2.13. The lowest BCUT2D eigenvalue weighted by Crippen LogP contribution is -2.18. The Balaban J connectivity index is 3.16. The fraction of sp³-hybridized carbons (Fsp3) is 0.375. The minimum absolute atomic E-state index is 0.317. The van der Waals surface area contributed by atoms with Crippen molar-refractivity contribution in [3.8, 4) is 11.5 Å². The Morgan fingerprint density at radius 3 is 2.44 bits per heavy atom. The maximum Gasteiger partial charge on any atom is 0.573 e. The zero-order chi connectivity index (χ0) is 12.3. The molecule has 0 spiro atoms. The number of hydrogen-bond donors (Lipinski definition) is 2. The van der Waals surface area contributed by atoms with Crippen molar-refractivity contribution < 1.29 is 32.5 Å². The number of rotatable bonds is 3. The SMILES string of the molecule is OCc1ncc(OC(F)(F)F)c(CF)c1O. The largest absolute Gasteiger partial charge is 0.573 e. The first-order valence-corrected chi connectivity index (χ1v) is 4.01. The maximum atomic E-state index is 12.4. The second-order valence-electron chi connectivity index (χ2n) is 2.74. The van der Waals surface area contributed by atoms with Crippen LogP contribution in [0.25, 0.3) is 0 Å². The average molecular weight is 241 g/mol. The number of aromatic nitrogens is 1. The highest BCUT2D eigenvalue weighted by Crippen LogP contribution is 2.33. The van der Waals surface area contributed by atoms with Gasteiger partial charge in [-0.3, -0.25) is 4.98 Å². The summed E-state index contributed by atoms with van der Waals surface area (Å²) in [6, 6.07) is 0. The van der Waals surface area contributed by atoms with Crippen molar-refractivity contribution in [2.45, 2.75) is 19.6 Å². The van der Waals surface area contributed by atoms with Crippen LogP contribution in [0.5, 0.6) is 11.5 Å². The normalized spacial score (nSPS) is 11.6. The van der Waals surface area contributed by atoms with Gasteiger partial charge in [0.05, 0.1) is 18.4 Å². The number of hydrogen-bond acceptors (Lipinski definition) is 4. The second kappa shape index (κ2) is 4.52. The van der Waals surface area contributed by atoms with Gasteiger partial charge in [-0.15, -0.1) is 13.2 Å². The minimum atomic E-state index is -5.00. The summed E-state index contributed by atoms with van der Waals surface area (Å²) in [6.45, 7) is -2.09. The van der Waals surface area contributed by atoms with Crippen LogP contribution in [0.15, 0.2) is 6.20 Å². The lowest BCUT2D eigenvalue weighted by molar-refractivity contribution is -0.275. The van der Waals surface area contributed by atoms with Crippen LogP contribution in [-0.2, 0) is 13.3 Å². The number of halogens is 4. The zero-order valence-corrected chi connectivity index (χ0v) is 7.75. The number of aromatic hydroxyl groups is 1. The molecule has 90 valence electrons. The first-order chi connectivity index (χ1) is 7.39. The molecule has 0 aliphatic rings. The second-order valence-corrected chi connectivity index (χ2v) is 2.74. The van der Waals surface area contributed by atoms with Crippen LogP contribution in [-0.4, -0.2) is 21.6 Å². The number of aliphatic hydroxyl groups excluding tert-OH is 1. The van der Waals surface area contributed by atoms with Crippen LogP contribution >= 0.6 is 0 Å². The van der Waals surface area contributed by atoms with Crippen molar-refractivity contribution in [3.63, 3.8) is 0 Å². The molecule has 1 aromatic heterocycles. The number of alkyl halides is 4. The van der Waals surface area contributed by atoms with E-state index in [0.29, 0.717) is 6.20 Å². The molecule has 0 unspecified atom stereocenters. The van der Waals surface area contributed by atoms with Gasteiger partial charge in [0.15, 0.2) is 5.75 Å². The highest BCUT2D eigenvalue weighted by Gasteiger charge is 2.33. The van der Waals surface area contributed by atoms with E-state index in [1.54, 1.807) is 0 Å². The molecule has 1 aromatic rings. The predicted molar refractivity (Wildman–Crippen MR) is 43.3 cm³/mol. The third-order valence-corrected chi connectivity index (χ3v) is 1.70. The van der Waals surface area contributed by atoms with Gasteiger partial charge in [0.1, 0.15) is 18.1 Å². The molecule has 0 saturated carbocycles. The van der Waals surface area contributed by atoms with Gasteiger partial charge in [-0.2, -0.15) is 0 Å². The van der Waals surface area contributed by atoms with Crippen molar-refractivity contribution in [2.75, 3.05) is 0 Å². The molecule has 1 heterocycles. The topological polar surface area (TPSA) is 62.6 Å². The molecule has 0 amide bonds. The molecule has 0 aliphatic heterocycles. The smallest absolute Gasteiger partial charge is 0.505 e. The summed E-state index contributed by atoms with van der Waals surface area (Å²) in [6.07, 6.45) is -4.41. The minimum Gasteiger partial charge on any atom is -0.505 e. The van der Waals surface area contributed by atoms with Crippen molar-refractivity contribution in [1.82, 2.24) is 4.98 Å². The molecular formula is C8H7F4NO3. The standard InChI is InChI=1S/C8H7F4NO3/c9-1-4-6(16-8(10,11)12)2-13-5(3-14)7(4)15/h2,14-15H,1,3H2. The number of pyridine rings is 1. The summed E-state index contributed by atoms with van der Waals surface area (Å²) in [5.41, 5.74) is -1.02. The summed E-state index contributed by atoms with van der Waals surface area (Å²) in [5.74, 6) is -1.77. The number of aliphatic hydroxyl groups is 1. The Morgan fingerprint density at radius 1 is 1.38 bits per heavy atom. The molecule has 0 aromatic carbocycles. The first-order valence-electron chi connectivity index (χ1n) is 4.01. The summed E-state index contributed by atoms with van der Waals surface area (Å²) in [5, 5.41) is 17.9. The summed E-state index contributed by atoms with van der Waals surface area (Å²) in [4.78, 5) is 3.30. The van der Waals surface area contributed by atoms with E-state index in [2.05, 4.69) is 9.72 Å². The molecule has 8 heteroatoms. The molecule has 16 heavy (non-hydrogen) atoms. The highest BCUT2D eigenvalue weighted by atomic mass is 19.4. The summed E-state index contributed by atoms with van der Waals surface area (Å²) < 4.78 is 51.5. The monoisotopic (exact) mass is 241 g/mol. The lowest BCUT2D eigenvalue weighted by atomic mass is 10.2. The predicted octanol–water partition coefficient (Wildman–Crippen LogP) is 1.65.